The van der Waals surface area contributed by atoms with Crippen molar-refractivity contribution >= 4 is 30.3 Å². The minimum atomic E-state index is -0.462. The SMILES string of the molecule is Cl.Nn1cnnc1NN=Cc1ccc([N+](=O)[O-])cc1. The second-order valence-corrected chi connectivity index (χ2v) is 3.28. The Morgan fingerprint density at radius 1 is 1.42 bits per heavy atom. The molecule has 0 radical (unpaired) electrons. The van der Waals surface area contributed by atoms with Crippen molar-refractivity contribution in [2.24, 2.45) is 5.10 Å². The third-order valence-corrected chi connectivity index (χ3v) is 2.06. The van der Waals surface area contributed by atoms with Crippen molar-refractivity contribution in [3.63, 3.8) is 0 Å². The van der Waals surface area contributed by atoms with Crippen LogP contribution in [0.25, 0.3) is 0 Å². The number of aromatic nitrogens is 3. The molecule has 0 aliphatic carbocycles. The molecule has 10 heteroatoms. The maximum Gasteiger partial charge on any atom is 0.269 e. The topological polar surface area (TPSA) is 124 Å². The summed E-state index contributed by atoms with van der Waals surface area (Å²) in [7, 11) is 0. The van der Waals surface area contributed by atoms with Crippen molar-refractivity contribution in [2.45, 2.75) is 0 Å². The molecule has 9 nitrogen and oxygen atoms in total. The lowest BCUT2D eigenvalue weighted by atomic mass is 10.2. The molecule has 2 aromatic rings. The molecule has 2 rings (SSSR count). The van der Waals surface area contributed by atoms with Crippen molar-refractivity contribution in [1.29, 1.82) is 0 Å². The molecular formula is C9H10ClN7O2. The Kier molecular flexibility index (Phi) is 4.77. The predicted molar refractivity (Wildman–Crippen MR) is 71.7 cm³/mol. The van der Waals surface area contributed by atoms with Crippen molar-refractivity contribution < 1.29 is 4.92 Å². The largest absolute Gasteiger partial charge is 0.335 e. The van der Waals surface area contributed by atoms with Gasteiger partial charge in [-0.3, -0.25) is 10.1 Å². The number of nitro benzene ring substituents is 1. The minimum Gasteiger partial charge on any atom is -0.335 e. The Labute approximate surface area is 113 Å². The molecule has 0 aliphatic rings. The first-order valence-electron chi connectivity index (χ1n) is 4.85. The lowest BCUT2D eigenvalue weighted by molar-refractivity contribution is -0.384. The van der Waals surface area contributed by atoms with Crippen LogP contribution in [0.3, 0.4) is 0 Å². The fourth-order valence-electron chi connectivity index (χ4n) is 1.17. The molecule has 1 aromatic heterocycles. The Morgan fingerprint density at radius 2 is 2.11 bits per heavy atom. The van der Waals surface area contributed by atoms with E-state index in [1.54, 1.807) is 12.1 Å². The average molecular weight is 284 g/mol. The molecule has 19 heavy (non-hydrogen) atoms. The van der Waals surface area contributed by atoms with Crippen LogP contribution < -0.4 is 11.3 Å². The van der Waals surface area contributed by atoms with Gasteiger partial charge in [-0.25, -0.2) is 10.1 Å². The van der Waals surface area contributed by atoms with Crippen LogP contribution in [-0.2, 0) is 0 Å². The lowest BCUT2D eigenvalue weighted by Gasteiger charge is -1.97. The molecule has 0 fully saturated rings. The van der Waals surface area contributed by atoms with Crippen LogP contribution in [0.2, 0.25) is 0 Å². The van der Waals surface area contributed by atoms with Gasteiger partial charge in [0.15, 0.2) is 0 Å². The number of hydrazone groups is 1. The smallest absolute Gasteiger partial charge is 0.269 e. The van der Waals surface area contributed by atoms with E-state index in [1.807, 2.05) is 0 Å². The number of nitrogens with two attached hydrogens (primary N) is 1. The van der Waals surface area contributed by atoms with Gasteiger partial charge >= 0.3 is 0 Å². The van der Waals surface area contributed by atoms with Gasteiger partial charge in [0.25, 0.3) is 11.6 Å². The Morgan fingerprint density at radius 3 is 2.63 bits per heavy atom. The Bertz CT molecular complexity index is 581. The molecule has 1 aromatic carbocycles. The van der Waals surface area contributed by atoms with E-state index in [0.717, 1.165) is 0 Å². The minimum absolute atomic E-state index is 0. The third kappa shape index (κ3) is 3.64. The van der Waals surface area contributed by atoms with E-state index in [4.69, 9.17) is 5.84 Å². The number of hydrogen-bond donors (Lipinski definition) is 2. The van der Waals surface area contributed by atoms with Crippen LogP contribution >= 0.6 is 12.4 Å². The summed E-state index contributed by atoms with van der Waals surface area (Å²) in [5, 5.41) is 21.5. The van der Waals surface area contributed by atoms with Crippen LogP contribution in [0.5, 0.6) is 0 Å². The highest BCUT2D eigenvalue weighted by molar-refractivity contribution is 5.85. The highest BCUT2D eigenvalue weighted by Gasteiger charge is 2.02. The molecule has 0 amide bonds. The van der Waals surface area contributed by atoms with Gasteiger partial charge in [0.2, 0.25) is 0 Å². The molecule has 1 heterocycles. The summed E-state index contributed by atoms with van der Waals surface area (Å²) in [4.78, 5) is 9.98. The number of non-ortho nitro benzene ring substituents is 1. The van der Waals surface area contributed by atoms with E-state index in [-0.39, 0.29) is 24.0 Å². The molecule has 0 unspecified atom stereocenters. The maximum atomic E-state index is 10.4. The molecule has 0 atom stereocenters. The van der Waals surface area contributed by atoms with Crippen molar-refractivity contribution in [1.82, 2.24) is 14.9 Å². The molecule has 0 aliphatic heterocycles. The number of nitrogens with zero attached hydrogens (tertiary/aromatic N) is 5. The van der Waals surface area contributed by atoms with Crippen LogP contribution in [0.4, 0.5) is 11.6 Å². The van der Waals surface area contributed by atoms with Gasteiger partial charge in [-0.05, 0) is 17.7 Å². The van der Waals surface area contributed by atoms with E-state index in [2.05, 4.69) is 20.7 Å². The number of nitrogen functional groups attached to an aromatic ring is 1. The van der Waals surface area contributed by atoms with E-state index < -0.39 is 4.92 Å². The highest BCUT2D eigenvalue weighted by atomic mass is 35.5. The molecule has 3 N–H and O–H groups in total. The Hall–Kier alpha value is -2.68. The lowest BCUT2D eigenvalue weighted by Crippen LogP contribution is -2.10. The van der Waals surface area contributed by atoms with Crippen molar-refractivity contribution in [2.75, 3.05) is 11.3 Å². The summed E-state index contributed by atoms with van der Waals surface area (Å²) in [6.45, 7) is 0. The normalized spacial score (nSPS) is 10.1. The van der Waals surface area contributed by atoms with Gasteiger partial charge in [-0.15, -0.1) is 22.6 Å². The van der Waals surface area contributed by atoms with Gasteiger partial charge in [0, 0.05) is 12.1 Å². The fraction of sp³-hybridized carbons (Fsp3) is 0. The predicted octanol–water partition coefficient (Wildman–Crippen LogP) is 0.768. The second kappa shape index (κ2) is 6.31. The van der Waals surface area contributed by atoms with Crippen LogP contribution in [0, 0.1) is 10.1 Å². The quantitative estimate of drug-likeness (QED) is 0.369. The fourth-order valence-corrected chi connectivity index (χ4v) is 1.17. The molecule has 0 bridgehead atoms. The molecule has 0 saturated heterocycles. The monoisotopic (exact) mass is 283 g/mol. The maximum absolute atomic E-state index is 10.4. The zero-order valence-corrected chi connectivity index (χ0v) is 10.3. The summed E-state index contributed by atoms with van der Waals surface area (Å²) in [5.41, 5.74) is 3.31. The van der Waals surface area contributed by atoms with Crippen molar-refractivity contribution in [3.05, 3.63) is 46.3 Å². The summed E-state index contributed by atoms with van der Waals surface area (Å²) in [5.74, 6) is 5.74. The summed E-state index contributed by atoms with van der Waals surface area (Å²) in [6.07, 6.45) is 2.81. The number of halogens is 1. The number of nitro groups is 1. The molecule has 0 spiro atoms. The molecular weight excluding hydrogens is 274 g/mol. The number of nitrogens with one attached hydrogen (secondary N) is 1. The van der Waals surface area contributed by atoms with Crippen molar-refractivity contribution in [3.8, 4) is 0 Å². The van der Waals surface area contributed by atoms with E-state index >= 15 is 0 Å². The highest BCUT2D eigenvalue weighted by Crippen LogP contribution is 2.10. The Balaban J connectivity index is 0.00000180. The van der Waals surface area contributed by atoms with Gasteiger partial charge < -0.3 is 5.84 Å². The van der Waals surface area contributed by atoms with Gasteiger partial charge in [0.1, 0.15) is 6.33 Å². The second-order valence-electron chi connectivity index (χ2n) is 3.28. The van der Waals surface area contributed by atoms with E-state index in [9.17, 15) is 10.1 Å². The molecule has 0 saturated carbocycles. The zero-order chi connectivity index (χ0) is 13.0. The number of anilines is 1. The zero-order valence-electron chi connectivity index (χ0n) is 9.50. The summed E-state index contributed by atoms with van der Waals surface area (Å²) in [6, 6.07) is 5.95. The first kappa shape index (κ1) is 14.4. The standard InChI is InChI=1S/C9H9N7O2.ClH/c10-15-6-12-14-9(15)13-11-5-7-1-3-8(4-2-7)16(17)18;/h1-6H,10H2,(H,13,14);1H. The average Bonchev–Trinajstić information content (AvgIpc) is 2.76. The van der Waals surface area contributed by atoms with Crippen LogP contribution in [0.1, 0.15) is 5.56 Å². The summed E-state index contributed by atoms with van der Waals surface area (Å²) >= 11 is 0. The first-order valence-corrected chi connectivity index (χ1v) is 4.85. The van der Waals surface area contributed by atoms with Gasteiger partial charge in [0.05, 0.1) is 11.1 Å². The first-order chi connectivity index (χ1) is 8.66. The number of hydrogen-bond acceptors (Lipinski definition) is 7. The van der Waals surface area contributed by atoms with Crippen LogP contribution in [-0.4, -0.2) is 26.0 Å². The van der Waals surface area contributed by atoms with Gasteiger partial charge in [-0.1, -0.05) is 0 Å². The van der Waals surface area contributed by atoms with Gasteiger partial charge in [-0.2, -0.15) is 5.10 Å². The molecule has 100 valence electrons. The number of rotatable bonds is 4. The van der Waals surface area contributed by atoms with E-state index in [0.29, 0.717) is 5.56 Å². The van der Waals surface area contributed by atoms with Crippen LogP contribution in [0.15, 0.2) is 35.7 Å². The summed E-state index contributed by atoms with van der Waals surface area (Å²) < 4.78 is 1.17. The number of benzene rings is 1. The third-order valence-electron chi connectivity index (χ3n) is 2.06. The van der Waals surface area contributed by atoms with E-state index in [1.165, 1.54) is 29.4 Å².